The Morgan fingerprint density at radius 3 is 2.58 bits per heavy atom. The van der Waals surface area contributed by atoms with Crippen molar-refractivity contribution >= 4 is 35.2 Å². The van der Waals surface area contributed by atoms with Crippen LogP contribution < -0.4 is 15.6 Å². The van der Waals surface area contributed by atoms with Crippen molar-refractivity contribution in [3.63, 3.8) is 0 Å². The van der Waals surface area contributed by atoms with Crippen LogP contribution in [0.15, 0.2) is 36.4 Å². The van der Waals surface area contributed by atoms with Crippen LogP contribution in [0.25, 0.3) is 0 Å². The van der Waals surface area contributed by atoms with E-state index in [1.807, 2.05) is 0 Å². The normalized spacial score (nSPS) is 10.1. The molecule has 0 aliphatic rings. The number of carbonyl (C=O) groups excluding carboxylic acids is 2. The standard InChI is InChI=1S/C17H16Cl2N2O5/c1-25-15-8-11(3-5-14(15)22)16(23)20-21-17(24)26-7-6-10-2-4-12(18)9-13(10)19/h2-5,8-9,22H,6-7H2,1H3,(H,20,23)(H,21,24). The van der Waals surface area contributed by atoms with E-state index in [0.29, 0.717) is 16.5 Å². The number of hydrogen-bond acceptors (Lipinski definition) is 5. The molecule has 0 atom stereocenters. The van der Waals surface area contributed by atoms with Crippen molar-refractivity contribution < 1.29 is 24.2 Å². The van der Waals surface area contributed by atoms with Crippen molar-refractivity contribution in [1.29, 1.82) is 0 Å². The molecule has 0 unspecified atom stereocenters. The van der Waals surface area contributed by atoms with Crippen LogP contribution in [0.2, 0.25) is 10.0 Å². The van der Waals surface area contributed by atoms with Gasteiger partial charge in [-0.25, -0.2) is 10.2 Å². The van der Waals surface area contributed by atoms with Crippen LogP contribution in [0.4, 0.5) is 4.79 Å². The molecule has 0 aliphatic heterocycles. The summed E-state index contributed by atoms with van der Waals surface area (Å²) in [7, 11) is 1.36. The van der Waals surface area contributed by atoms with Gasteiger partial charge in [-0.05, 0) is 35.9 Å². The fourth-order valence-corrected chi connectivity index (χ4v) is 2.52. The number of amides is 2. The Balaban J connectivity index is 1.78. The highest BCUT2D eigenvalue weighted by atomic mass is 35.5. The molecule has 0 bridgehead atoms. The lowest BCUT2D eigenvalue weighted by molar-refractivity contribution is 0.0910. The van der Waals surface area contributed by atoms with Crippen molar-refractivity contribution in [3.8, 4) is 11.5 Å². The first-order valence-electron chi connectivity index (χ1n) is 7.44. The van der Waals surface area contributed by atoms with Crippen LogP contribution in [0, 0.1) is 0 Å². The Morgan fingerprint density at radius 2 is 1.88 bits per heavy atom. The number of carbonyl (C=O) groups is 2. The summed E-state index contributed by atoms with van der Waals surface area (Å²) in [6.07, 6.45) is -0.429. The fraction of sp³-hybridized carbons (Fsp3) is 0.176. The highest BCUT2D eigenvalue weighted by Gasteiger charge is 2.11. The Hall–Kier alpha value is -2.64. The molecule has 0 radical (unpaired) electrons. The predicted octanol–water partition coefficient (Wildman–Crippen LogP) is 3.32. The minimum absolute atomic E-state index is 0.0656. The van der Waals surface area contributed by atoms with Crippen LogP contribution >= 0.6 is 23.2 Å². The molecule has 0 aliphatic carbocycles. The van der Waals surface area contributed by atoms with Gasteiger partial charge >= 0.3 is 6.09 Å². The zero-order chi connectivity index (χ0) is 19.1. The van der Waals surface area contributed by atoms with Gasteiger partial charge in [-0.3, -0.25) is 10.2 Å². The van der Waals surface area contributed by atoms with Gasteiger partial charge in [0, 0.05) is 22.0 Å². The molecule has 0 fully saturated rings. The van der Waals surface area contributed by atoms with Gasteiger partial charge < -0.3 is 14.6 Å². The van der Waals surface area contributed by atoms with Crippen LogP contribution in [-0.2, 0) is 11.2 Å². The summed E-state index contributed by atoms with van der Waals surface area (Å²) in [6.45, 7) is 0.0656. The molecule has 0 saturated carbocycles. The van der Waals surface area contributed by atoms with Crippen LogP contribution in [0.1, 0.15) is 15.9 Å². The smallest absolute Gasteiger partial charge is 0.426 e. The minimum Gasteiger partial charge on any atom is -0.504 e. The van der Waals surface area contributed by atoms with Crippen LogP contribution in [0.5, 0.6) is 11.5 Å². The van der Waals surface area contributed by atoms with E-state index in [-0.39, 0.29) is 23.7 Å². The molecule has 0 aromatic heterocycles. The zero-order valence-corrected chi connectivity index (χ0v) is 15.2. The largest absolute Gasteiger partial charge is 0.504 e. The first-order chi connectivity index (χ1) is 12.4. The second kappa shape index (κ2) is 9.17. The van der Waals surface area contributed by atoms with E-state index in [2.05, 4.69) is 10.9 Å². The lowest BCUT2D eigenvalue weighted by Crippen LogP contribution is -2.42. The third kappa shape index (κ3) is 5.44. The summed E-state index contributed by atoms with van der Waals surface area (Å²) in [6, 6.07) is 9.05. The van der Waals surface area contributed by atoms with Crippen molar-refractivity contribution in [1.82, 2.24) is 10.9 Å². The number of nitrogens with one attached hydrogen (secondary N) is 2. The van der Waals surface area contributed by atoms with Crippen molar-refractivity contribution in [2.45, 2.75) is 6.42 Å². The summed E-state index contributed by atoms with van der Waals surface area (Å²) < 4.78 is 9.87. The van der Waals surface area contributed by atoms with Gasteiger partial charge in [0.05, 0.1) is 13.7 Å². The van der Waals surface area contributed by atoms with E-state index in [1.165, 1.54) is 25.3 Å². The number of phenols is 1. The van der Waals surface area contributed by atoms with E-state index in [9.17, 15) is 14.7 Å². The van der Waals surface area contributed by atoms with Crippen LogP contribution in [-0.4, -0.2) is 30.8 Å². The molecule has 138 valence electrons. The van der Waals surface area contributed by atoms with Gasteiger partial charge in [0.15, 0.2) is 11.5 Å². The number of benzene rings is 2. The Kier molecular flexibility index (Phi) is 6.94. The molecule has 2 aromatic carbocycles. The average molecular weight is 399 g/mol. The molecule has 3 N–H and O–H groups in total. The van der Waals surface area contributed by atoms with E-state index in [4.69, 9.17) is 32.7 Å². The van der Waals surface area contributed by atoms with Crippen molar-refractivity contribution in [2.75, 3.05) is 13.7 Å². The van der Waals surface area contributed by atoms with Gasteiger partial charge in [0.2, 0.25) is 0 Å². The Morgan fingerprint density at radius 1 is 1.12 bits per heavy atom. The minimum atomic E-state index is -0.825. The second-order valence-corrected chi connectivity index (χ2v) is 5.93. The molecule has 2 rings (SSSR count). The molecule has 0 saturated heterocycles. The van der Waals surface area contributed by atoms with Gasteiger partial charge in [-0.2, -0.15) is 0 Å². The first kappa shape index (κ1) is 19.7. The maximum absolute atomic E-state index is 12.0. The summed E-state index contributed by atoms with van der Waals surface area (Å²) in [5.41, 5.74) is 5.29. The summed E-state index contributed by atoms with van der Waals surface area (Å²) >= 11 is 11.8. The first-order valence-corrected chi connectivity index (χ1v) is 8.20. The van der Waals surface area contributed by atoms with E-state index >= 15 is 0 Å². The van der Waals surface area contributed by atoms with Crippen LogP contribution in [0.3, 0.4) is 0 Å². The Labute approximate surface area is 159 Å². The van der Waals surface area contributed by atoms with E-state index in [1.54, 1.807) is 18.2 Å². The quantitative estimate of drug-likeness (QED) is 0.671. The molecule has 7 nitrogen and oxygen atoms in total. The maximum atomic E-state index is 12.0. The number of hydrogen-bond donors (Lipinski definition) is 3. The molecule has 9 heteroatoms. The van der Waals surface area contributed by atoms with Gasteiger partial charge in [0.25, 0.3) is 5.91 Å². The average Bonchev–Trinajstić information content (AvgIpc) is 2.62. The molecule has 26 heavy (non-hydrogen) atoms. The van der Waals surface area contributed by atoms with E-state index in [0.717, 1.165) is 5.56 Å². The molecule has 2 amide bonds. The molecular weight excluding hydrogens is 383 g/mol. The van der Waals surface area contributed by atoms with Gasteiger partial charge in [-0.15, -0.1) is 0 Å². The van der Waals surface area contributed by atoms with Crippen molar-refractivity contribution in [2.24, 2.45) is 0 Å². The number of halogens is 2. The SMILES string of the molecule is COc1cc(C(=O)NNC(=O)OCCc2ccc(Cl)cc2Cl)ccc1O. The van der Waals surface area contributed by atoms with E-state index < -0.39 is 12.0 Å². The monoisotopic (exact) mass is 398 g/mol. The molecule has 0 spiro atoms. The van der Waals surface area contributed by atoms with Gasteiger partial charge in [-0.1, -0.05) is 29.3 Å². The molecular formula is C17H16Cl2N2O5. The summed E-state index contributed by atoms with van der Waals surface area (Å²) in [5.74, 6) is -0.557. The number of ether oxygens (including phenoxy) is 2. The third-order valence-corrected chi connectivity index (χ3v) is 3.93. The number of hydrazine groups is 1. The van der Waals surface area contributed by atoms with Gasteiger partial charge in [0.1, 0.15) is 0 Å². The number of phenolic OH excluding ortho intramolecular Hbond substituents is 1. The summed E-state index contributed by atoms with van der Waals surface area (Å²) in [5, 5.41) is 10.5. The number of rotatable bonds is 5. The zero-order valence-electron chi connectivity index (χ0n) is 13.7. The lowest BCUT2D eigenvalue weighted by Gasteiger charge is -2.10. The lowest BCUT2D eigenvalue weighted by atomic mass is 10.2. The molecule has 0 heterocycles. The number of methoxy groups -OCH3 is 1. The highest BCUT2D eigenvalue weighted by Crippen LogP contribution is 2.26. The maximum Gasteiger partial charge on any atom is 0.426 e. The number of aromatic hydroxyl groups is 1. The predicted molar refractivity (Wildman–Crippen MR) is 96.8 cm³/mol. The fourth-order valence-electron chi connectivity index (χ4n) is 2.01. The summed E-state index contributed by atoms with van der Waals surface area (Å²) in [4.78, 5) is 23.6. The van der Waals surface area contributed by atoms with Crippen molar-refractivity contribution in [3.05, 3.63) is 57.6 Å². The second-order valence-electron chi connectivity index (χ2n) is 5.09. The Bertz CT molecular complexity index is 814. The molecule has 2 aromatic rings. The highest BCUT2D eigenvalue weighted by molar-refractivity contribution is 6.35. The third-order valence-electron chi connectivity index (χ3n) is 3.34. The topological polar surface area (TPSA) is 96.9 Å².